The van der Waals surface area contributed by atoms with E-state index in [1.807, 2.05) is 0 Å². The van der Waals surface area contributed by atoms with Crippen LogP contribution in [-0.4, -0.2) is 24.0 Å². The quantitative estimate of drug-likeness (QED) is 0.822. The number of hydrogen-bond acceptors (Lipinski definition) is 2. The van der Waals surface area contributed by atoms with Crippen molar-refractivity contribution >= 4 is 33.2 Å². The molecule has 0 bridgehead atoms. The second-order valence-corrected chi connectivity index (χ2v) is 5.41. The van der Waals surface area contributed by atoms with Crippen molar-refractivity contribution in [3.05, 3.63) is 20.8 Å². The van der Waals surface area contributed by atoms with Gasteiger partial charge in [-0.25, -0.2) is 0 Å². The summed E-state index contributed by atoms with van der Waals surface area (Å²) in [6.07, 6.45) is -4.80. The summed E-state index contributed by atoms with van der Waals surface area (Å²) in [5, 5.41) is 0. The van der Waals surface area contributed by atoms with Crippen LogP contribution in [0.15, 0.2) is 15.9 Å². The Morgan fingerprint density at radius 2 is 2.13 bits per heavy atom. The van der Waals surface area contributed by atoms with Gasteiger partial charge in [-0.05, 0) is 28.1 Å². The van der Waals surface area contributed by atoms with Crippen molar-refractivity contribution in [3.8, 4) is 0 Å². The molecule has 1 aromatic rings. The minimum absolute atomic E-state index is 0.0331. The summed E-state index contributed by atoms with van der Waals surface area (Å²) in [4.78, 5) is 12.1. The van der Waals surface area contributed by atoms with Crippen LogP contribution >= 0.6 is 27.3 Å². The summed E-state index contributed by atoms with van der Waals surface area (Å²) >= 11 is 4.49. The van der Waals surface area contributed by atoms with Crippen molar-refractivity contribution in [1.29, 1.82) is 0 Å². The van der Waals surface area contributed by atoms with Gasteiger partial charge in [-0.3, -0.25) is 4.79 Å². The summed E-state index contributed by atoms with van der Waals surface area (Å²) in [6.45, 7) is -0.0331. The Bertz CT molecular complexity index is 363. The van der Waals surface area contributed by atoms with Crippen molar-refractivity contribution < 1.29 is 18.0 Å². The normalized spacial score (nSPS) is 11.5. The van der Waals surface area contributed by atoms with E-state index in [4.69, 9.17) is 0 Å². The second kappa shape index (κ2) is 4.52. The molecule has 0 saturated carbocycles. The first kappa shape index (κ1) is 12.5. The van der Waals surface area contributed by atoms with E-state index in [-0.39, 0.29) is 6.54 Å². The van der Waals surface area contributed by atoms with Crippen LogP contribution in [0, 0.1) is 0 Å². The maximum absolute atomic E-state index is 12.0. The molecule has 0 saturated heterocycles. The number of rotatable bonds is 2. The van der Waals surface area contributed by atoms with Crippen molar-refractivity contribution in [2.75, 3.05) is 7.05 Å². The number of nitrogens with zero attached hydrogens (tertiary/aromatic N) is 1. The molecule has 0 unspecified atom stereocenters. The fourth-order valence-electron chi connectivity index (χ4n) is 0.959. The monoisotopic (exact) mass is 301 g/mol. The molecule has 0 aliphatic heterocycles. The number of halogens is 4. The molecule has 1 rings (SSSR count). The Morgan fingerprint density at radius 1 is 1.53 bits per heavy atom. The molecule has 0 aliphatic rings. The Morgan fingerprint density at radius 3 is 2.53 bits per heavy atom. The first-order valence-corrected chi connectivity index (χ1v) is 5.48. The van der Waals surface area contributed by atoms with Crippen LogP contribution in [-0.2, 0) is 11.3 Å². The number of hydrogen-bond donors (Lipinski definition) is 0. The summed E-state index contributed by atoms with van der Waals surface area (Å²) in [5.41, 5.74) is 0. The third kappa shape index (κ3) is 3.49. The fraction of sp³-hybridized carbons (Fsp3) is 0.375. The molecule has 15 heavy (non-hydrogen) atoms. The maximum atomic E-state index is 12.0. The average molecular weight is 302 g/mol. The van der Waals surface area contributed by atoms with E-state index in [2.05, 4.69) is 15.9 Å². The third-order valence-electron chi connectivity index (χ3n) is 1.61. The molecule has 0 aliphatic carbocycles. The fourth-order valence-corrected chi connectivity index (χ4v) is 2.50. The highest BCUT2D eigenvalue weighted by atomic mass is 79.9. The summed E-state index contributed by atoms with van der Waals surface area (Å²) in [5.74, 6) is -1.83. The Kier molecular flexibility index (Phi) is 3.77. The number of carbonyl (C=O) groups excluding carboxylic acids is 1. The Labute approximate surface area is 96.8 Å². The van der Waals surface area contributed by atoms with Crippen molar-refractivity contribution in [1.82, 2.24) is 4.90 Å². The molecule has 0 N–H and O–H groups in total. The van der Waals surface area contributed by atoms with Gasteiger partial charge in [0.2, 0.25) is 0 Å². The minimum atomic E-state index is -4.80. The molecule has 84 valence electrons. The van der Waals surface area contributed by atoms with Crippen LogP contribution in [0.3, 0.4) is 0 Å². The van der Waals surface area contributed by atoms with Gasteiger partial charge in [-0.15, -0.1) is 11.3 Å². The minimum Gasteiger partial charge on any atom is -0.333 e. The lowest BCUT2D eigenvalue weighted by Gasteiger charge is -2.17. The second-order valence-electron chi connectivity index (χ2n) is 2.86. The van der Waals surface area contributed by atoms with Gasteiger partial charge in [0.1, 0.15) is 0 Å². The average Bonchev–Trinajstić information content (AvgIpc) is 2.48. The summed E-state index contributed by atoms with van der Waals surface area (Å²) < 4.78 is 36.9. The molecule has 0 radical (unpaired) electrons. The van der Waals surface area contributed by atoms with E-state index in [1.54, 1.807) is 12.1 Å². The van der Waals surface area contributed by atoms with Crippen LogP contribution in [0.25, 0.3) is 0 Å². The van der Waals surface area contributed by atoms with Crippen molar-refractivity contribution in [3.63, 3.8) is 0 Å². The lowest BCUT2D eigenvalue weighted by molar-refractivity contribution is -0.184. The topological polar surface area (TPSA) is 20.3 Å². The predicted molar refractivity (Wildman–Crippen MR) is 54.5 cm³/mol. The van der Waals surface area contributed by atoms with Gasteiger partial charge in [0.15, 0.2) is 0 Å². The number of alkyl halides is 3. The third-order valence-corrected chi connectivity index (χ3v) is 3.22. The van der Waals surface area contributed by atoms with E-state index < -0.39 is 12.1 Å². The summed E-state index contributed by atoms with van der Waals surface area (Å²) in [7, 11) is 1.13. The smallest absolute Gasteiger partial charge is 0.333 e. The van der Waals surface area contributed by atoms with Crippen LogP contribution in [0.4, 0.5) is 13.2 Å². The molecule has 0 fully saturated rings. The van der Waals surface area contributed by atoms with Crippen LogP contribution < -0.4 is 0 Å². The van der Waals surface area contributed by atoms with E-state index in [0.717, 1.165) is 10.8 Å². The lowest BCUT2D eigenvalue weighted by Crippen LogP contribution is -2.37. The van der Waals surface area contributed by atoms with Gasteiger partial charge < -0.3 is 4.90 Å². The SMILES string of the molecule is CN(Cc1ccc(Br)s1)C(=O)C(F)(F)F. The van der Waals surface area contributed by atoms with Crippen LogP contribution in [0.5, 0.6) is 0 Å². The molecule has 1 heterocycles. The number of amides is 1. The molecule has 0 aromatic carbocycles. The van der Waals surface area contributed by atoms with Gasteiger partial charge >= 0.3 is 12.1 Å². The highest BCUT2D eigenvalue weighted by molar-refractivity contribution is 9.11. The van der Waals surface area contributed by atoms with Gasteiger partial charge in [0.05, 0.1) is 10.3 Å². The van der Waals surface area contributed by atoms with E-state index in [9.17, 15) is 18.0 Å². The summed E-state index contributed by atoms with van der Waals surface area (Å²) in [6, 6.07) is 3.40. The standard InChI is InChI=1S/C8H7BrF3NOS/c1-13(7(14)8(10,11)12)4-5-2-3-6(9)15-5/h2-3H,4H2,1H3. The highest BCUT2D eigenvalue weighted by Gasteiger charge is 2.41. The van der Waals surface area contributed by atoms with E-state index >= 15 is 0 Å². The van der Waals surface area contributed by atoms with Crippen molar-refractivity contribution in [2.45, 2.75) is 12.7 Å². The molecular formula is C8H7BrF3NOS. The Balaban J connectivity index is 2.64. The van der Waals surface area contributed by atoms with Crippen LogP contribution in [0.2, 0.25) is 0 Å². The van der Waals surface area contributed by atoms with Gasteiger partial charge in [-0.1, -0.05) is 0 Å². The van der Waals surface area contributed by atoms with Gasteiger partial charge in [0.25, 0.3) is 0 Å². The number of thiophene rings is 1. The Hall–Kier alpha value is -0.560. The molecule has 1 amide bonds. The maximum Gasteiger partial charge on any atom is 0.471 e. The van der Waals surface area contributed by atoms with E-state index in [0.29, 0.717) is 9.78 Å². The molecular weight excluding hydrogens is 295 g/mol. The highest BCUT2D eigenvalue weighted by Crippen LogP contribution is 2.24. The molecule has 1 aromatic heterocycles. The van der Waals surface area contributed by atoms with E-state index in [1.165, 1.54) is 11.3 Å². The van der Waals surface area contributed by atoms with Crippen molar-refractivity contribution in [2.24, 2.45) is 0 Å². The first-order valence-electron chi connectivity index (χ1n) is 3.87. The zero-order chi connectivity index (χ0) is 11.6. The van der Waals surface area contributed by atoms with Crippen LogP contribution in [0.1, 0.15) is 4.88 Å². The number of carbonyl (C=O) groups is 1. The van der Waals surface area contributed by atoms with Gasteiger partial charge in [0, 0.05) is 11.9 Å². The molecule has 0 atom stereocenters. The lowest BCUT2D eigenvalue weighted by atomic mass is 10.4. The first-order chi connectivity index (χ1) is 6.80. The largest absolute Gasteiger partial charge is 0.471 e. The zero-order valence-corrected chi connectivity index (χ0v) is 10.0. The molecule has 7 heteroatoms. The molecule has 0 spiro atoms. The predicted octanol–water partition coefficient (Wildman–Crippen LogP) is 3.03. The molecule has 2 nitrogen and oxygen atoms in total. The van der Waals surface area contributed by atoms with Gasteiger partial charge in [-0.2, -0.15) is 13.2 Å². The zero-order valence-electron chi connectivity index (χ0n) is 7.64.